The number of aromatic nitrogens is 2. The van der Waals surface area contributed by atoms with Crippen molar-refractivity contribution >= 4 is 22.0 Å². The Hall–Kier alpha value is -2.83. The van der Waals surface area contributed by atoms with Crippen molar-refractivity contribution in [2.45, 2.75) is 44.3 Å². The van der Waals surface area contributed by atoms with E-state index in [9.17, 15) is 9.50 Å². The van der Waals surface area contributed by atoms with Gasteiger partial charge in [-0.05, 0) is 73.8 Å². The van der Waals surface area contributed by atoms with Crippen molar-refractivity contribution in [2.75, 3.05) is 39.8 Å². The van der Waals surface area contributed by atoms with Gasteiger partial charge in [-0.2, -0.15) is 17.8 Å². The number of fused-ring (bicyclic) bond motifs is 2. The Morgan fingerprint density at radius 3 is 2.66 bits per heavy atom. The number of H-pyrrole nitrogens is 1. The van der Waals surface area contributed by atoms with Gasteiger partial charge >= 0.3 is 10.2 Å². The largest absolute Gasteiger partial charge is 0.391 e. The summed E-state index contributed by atoms with van der Waals surface area (Å²) in [5.74, 6) is 0.597. The zero-order valence-electron chi connectivity index (χ0n) is 23.2. The molecule has 1 aromatic heterocycles. The van der Waals surface area contributed by atoms with Crippen LogP contribution in [0, 0.1) is 17.7 Å². The number of allylic oxidation sites excluding steroid dienone is 2. The molecule has 4 atom stereocenters. The highest BCUT2D eigenvalue weighted by atomic mass is 32.2. The molecule has 7 rings (SSSR count). The van der Waals surface area contributed by atoms with Crippen LogP contribution in [-0.2, 0) is 21.4 Å². The van der Waals surface area contributed by atoms with E-state index in [0.717, 1.165) is 36.1 Å². The Balaban J connectivity index is 1.34. The number of halogens is 1. The first-order chi connectivity index (χ1) is 19.8. The molecule has 218 valence electrons. The Labute approximate surface area is 240 Å². The molecule has 3 fully saturated rings. The topological polar surface area (TPSA) is 98.8 Å². The Bertz CT molecular complexity index is 1530. The standard InChI is InChI=1S/C30H37FN5O4S/c1-40-30(20-2-3-20)22-4-9-29(34-12-11-27(37)18-34)36(19-22,26-7-5-25(31)6-8-26)41(38,39)35-13-10-21-15-28-23(16-32-33-28)14-24(21)17-35/h4-9,15-16,20,24,27,30,37H,2-3,10-14,17-19H2,1H3,(H,32,33)/q+1/t24-,27?,30?,36-/m0/s1. The van der Waals surface area contributed by atoms with E-state index in [1.807, 2.05) is 23.2 Å². The summed E-state index contributed by atoms with van der Waals surface area (Å²) in [4.78, 5) is 1.99. The minimum atomic E-state index is -4.10. The summed E-state index contributed by atoms with van der Waals surface area (Å²) in [5.41, 5.74) is 4.76. The number of benzene rings is 1. The maximum atomic E-state index is 15.3. The van der Waals surface area contributed by atoms with Crippen molar-refractivity contribution in [3.8, 4) is 0 Å². The average Bonchev–Trinajstić information content (AvgIpc) is 3.54. The molecule has 0 spiro atoms. The number of aliphatic hydroxyl groups is 1. The maximum Gasteiger partial charge on any atom is 0.383 e. The lowest BCUT2D eigenvalue weighted by atomic mass is 9.83. The molecule has 0 radical (unpaired) electrons. The van der Waals surface area contributed by atoms with Crippen LogP contribution >= 0.6 is 0 Å². The van der Waals surface area contributed by atoms with E-state index in [0.29, 0.717) is 56.4 Å². The first kappa shape index (κ1) is 27.0. The first-order valence-electron chi connectivity index (χ1n) is 14.5. The zero-order chi connectivity index (χ0) is 28.4. The summed E-state index contributed by atoms with van der Waals surface area (Å²) in [5, 5.41) is 17.7. The second-order valence-electron chi connectivity index (χ2n) is 12.0. The molecule has 9 nitrogen and oxygen atoms in total. The summed E-state index contributed by atoms with van der Waals surface area (Å²) >= 11 is 0. The lowest BCUT2D eigenvalue weighted by Gasteiger charge is -2.46. The number of hydrogen-bond acceptors (Lipinski definition) is 6. The third-order valence-electron chi connectivity index (χ3n) is 9.49. The molecular weight excluding hydrogens is 545 g/mol. The molecule has 5 aliphatic rings. The SMILES string of the molecule is COC(C1=CC=C(N2CCC(O)C2)[N@+](c2ccc(F)cc2)(S(=O)(=O)N2CCC3=Cc4[nH]ncc4C[C@H]3C2)C1)C1CC1. The van der Waals surface area contributed by atoms with Crippen molar-refractivity contribution < 1.29 is 22.7 Å². The molecular formula is C30H37FN5O4S+. The number of nitrogens with zero attached hydrogens (tertiary/aromatic N) is 4. The van der Waals surface area contributed by atoms with Crippen molar-refractivity contribution in [3.63, 3.8) is 0 Å². The summed E-state index contributed by atoms with van der Waals surface area (Å²) in [7, 11) is -2.41. The van der Waals surface area contributed by atoms with Crippen LogP contribution < -0.4 is 3.89 Å². The van der Waals surface area contributed by atoms with Crippen LogP contribution in [0.5, 0.6) is 0 Å². The minimum absolute atomic E-state index is 0.0657. The van der Waals surface area contributed by atoms with Crippen molar-refractivity contribution in [1.29, 1.82) is 0 Å². The number of β-amino-alcohol motifs (C(OH)–C–C–N with tert-alkyl or cyclic N) is 1. The number of aliphatic hydroxyl groups excluding tert-OH is 1. The van der Waals surface area contributed by atoms with Gasteiger partial charge in [0.15, 0.2) is 5.69 Å². The number of aromatic amines is 1. The Morgan fingerprint density at radius 2 is 1.95 bits per heavy atom. The summed E-state index contributed by atoms with van der Waals surface area (Å²) < 4.78 is 51.9. The molecule has 0 bridgehead atoms. The molecule has 2 aliphatic carbocycles. The van der Waals surface area contributed by atoms with Crippen molar-refractivity contribution in [3.05, 3.63) is 76.7 Å². The van der Waals surface area contributed by atoms with Gasteiger partial charge in [-0.1, -0.05) is 5.57 Å². The van der Waals surface area contributed by atoms with Crippen LogP contribution in [0.1, 0.15) is 36.9 Å². The molecule has 2 aromatic rings. The summed E-state index contributed by atoms with van der Waals surface area (Å²) in [6.45, 7) is 1.78. The van der Waals surface area contributed by atoms with Gasteiger partial charge in [0.2, 0.25) is 5.82 Å². The highest BCUT2D eigenvalue weighted by Crippen LogP contribution is 2.46. The second-order valence-corrected chi connectivity index (χ2v) is 14.1. The molecule has 4 heterocycles. The molecule has 1 saturated carbocycles. The molecule has 3 aliphatic heterocycles. The first-order valence-corrected chi connectivity index (χ1v) is 15.9. The quantitative estimate of drug-likeness (QED) is 0.486. The highest BCUT2D eigenvalue weighted by molar-refractivity contribution is 7.88. The number of methoxy groups -OCH3 is 1. The van der Waals surface area contributed by atoms with E-state index < -0.39 is 26.0 Å². The van der Waals surface area contributed by atoms with Gasteiger partial charge in [0.25, 0.3) is 0 Å². The van der Waals surface area contributed by atoms with Crippen LogP contribution in [0.3, 0.4) is 0 Å². The van der Waals surface area contributed by atoms with Crippen LogP contribution in [-0.4, -0.2) is 85.0 Å². The monoisotopic (exact) mass is 582 g/mol. The minimum Gasteiger partial charge on any atom is -0.391 e. The lowest BCUT2D eigenvalue weighted by Crippen LogP contribution is -2.65. The van der Waals surface area contributed by atoms with E-state index in [4.69, 9.17) is 4.74 Å². The Kier molecular flexibility index (Phi) is 6.70. The van der Waals surface area contributed by atoms with Gasteiger partial charge < -0.3 is 14.7 Å². The summed E-state index contributed by atoms with van der Waals surface area (Å²) in [6.07, 6.45) is 11.2. The van der Waals surface area contributed by atoms with Gasteiger partial charge in [0, 0.05) is 57.1 Å². The lowest BCUT2D eigenvalue weighted by molar-refractivity contribution is 0.108. The number of ether oxygens (including phenoxy) is 1. The molecule has 0 amide bonds. The van der Waals surface area contributed by atoms with Crippen molar-refractivity contribution in [1.82, 2.24) is 23.3 Å². The van der Waals surface area contributed by atoms with Crippen LogP contribution in [0.25, 0.3) is 6.08 Å². The van der Waals surface area contributed by atoms with Gasteiger partial charge in [0.05, 0.1) is 24.1 Å². The predicted molar refractivity (Wildman–Crippen MR) is 154 cm³/mol. The van der Waals surface area contributed by atoms with Gasteiger partial charge in [0.1, 0.15) is 12.4 Å². The predicted octanol–water partition coefficient (Wildman–Crippen LogP) is 3.34. The third-order valence-corrected chi connectivity index (χ3v) is 11.8. The fourth-order valence-corrected chi connectivity index (χ4v) is 9.41. The molecule has 2 saturated heterocycles. The number of quaternary nitrogens is 1. The number of nitrogens with one attached hydrogen (secondary N) is 1. The molecule has 11 heteroatoms. The van der Waals surface area contributed by atoms with E-state index in [-0.39, 0.29) is 18.6 Å². The average molecular weight is 583 g/mol. The zero-order valence-corrected chi connectivity index (χ0v) is 24.1. The normalized spacial score (nSPS) is 29.3. The molecule has 2 unspecified atom stereocenters. The third kappa shape index (κ3) is 4.49. The van der Waals surface area contributed by atoms with Crippen LogP contribution in [0.2, 0.25) is 0 Å². The maximum absolute atomic E-state index is 15.3. The smallest absolute Gasteiger partial charge is 0.383 e. The number of rotatable bonds is 7. The van der Waals surface area contributed by atoms with E-state index in [1.54, 1.807) is 23.5 Å². The fourth-order valence-electron chi connectivity index (χ4n) is 7.21. The summed E-state index contributed by atoms with van der Waals surface area (Å²) in [6, 6.07) is 5.88. The van der Waals surface area contributed by atoms with Gasteiger partial charge in [-0.25, -0.2) is 4.39 Å². The highest BCUT2D eigenvalue weighted by Gasteiger charge is 2.57. The molecule has 2 N–H and O–H groups in total. The number of piperidine rings is 1. The molecule has 1 aromatic carbocycles. The second kappa shape index (κ2) is 10.2. The van der Waals surface area contributed by atoms with E-state index in [2.05, 4.69) is 16.3 Å². The van der Waals surface area contributed by atoms with Crippen molar-refractivity contribution in [2.24, 2.45) is 11.8 Å². The number of hydrogen-bond donors (Lipinski definition) is 2. The van der Waals surface area contributed by atoms with E-state index >= 15 is 8.42 Å². The number of likely N-dealkylation sites (tertiary alicyclic amines) is 1. The molecule has 41 heavy (non-hydrogen) atoms. The van der Waals surface area contributed by atoms with Crippen LogP contribution in [0.15, 0.2) is 59.6 Å². The van der Waals surface area contributed by atoms with E-state index in [1.165, 1.54) is 17.7 Å². The fraction of sp³-hybridized carbons (Fsp3) is 0.500. The Morgan fingerprint density at radius 1 is 1.15 bits per heavy atom. The van der Waals surface area contributed by atoms with Gasteiger partial charge in [-0.15, -0.1) is 3.89 Å². The van der Waals surface area contributed by atoms with Gasteiger partial charge in [-0.3, -0.25) is 5.10 Å². The van der Waals surface area contributed by atoms with Crippen LogP contribution in [0.4, 0.5) is 10.1 Å².